The highest BCUT2D eigenvalue weighted by atomic mass is 32.2. The molecule has 2 aromatic carbocycles. The number of halogens is 3. The summed E-state index contributed by atoms with van der Waals surface area (Å²) in [6.07, 6.45) is 0. The fraction of sp³-hybridized carbons (Fsp3) is 0.0625. The molecule has 124 valence electrons. The summed E-state index contributed by atoms with van der Waals surface area (Å²) in [5.74, 6) is -1.47. The summed E-state index contributed by atoms with van der Waals surface area (Å²) in [6, 6.07) is 8.18. The van der Waals surface area contributed by atoms with Crippen molar-refractivity contribution in [2.75, 3.05) is 4.72 Å². The van der Waals surface area contributed by atoms with Crippen LogP contribution in [0.5, 0.6) is 5.75 Å². The van der Waals surface area contributed by atoms with Crippen LogP contribution in [0.25, 0.3) is 0 Å². The highest BCUT2D eigenvalue weighted by molar-refractivity contribution is 8.00. The molecule has 24 heavy (non-hydrogen) atoms. The number of ether oxygens (including phenoxy) is 1. The van der Waals surface area contributed by atoms with Crippen molar-refractivity contribution in [2.45, 2.75) is 11.5 Å². The molecule has 0 aliphatic rings. The van der Waals surface area contributed by atoms with Gasteiger partial charge >= 0.3 is 0 Å². The van der Waals surface area contributed by atoms with Crippen LogP contribution in [0.3, 0.4) is 0 Å². The van der Waals surface area contributed by atoms with Gasteiger partial charge in [-0.1, -0.05) is 18.2 Å². The summed E-state index contributed by atoms with van der Waals surface area (Å²) < 4.78 is 49.7. The Hall–Kier alpha value is -2.19. The lowest BCUT2D eigenvalue weighted by molar-refractivity contribution is 0.295. The fourth-order valence-corrected chi connectivity index (χ4v) is 3.05. The van der Waals surface area contributed by atoms with Crippen molar-refractivity contribution in [1.82, 2.24) is 4.98 Å². The van der Waals surface area contributed by atoms with Gasteiger partial charge in [-0.2, -0.15) is 0 Å². The lowest BCUT2D eigenvalue weighted by Gasteiger charge is -2.10. The Labute approximate surface area is 144 Å². The molecule has 0 saturated heterocycles. The molecule has 3 nitrogen and oxygen atoms in total. The summed E-state index contributed by atoms with van der Waals surface area (Å²) in [7, 11) is 0. The van der Waals surface area contributed by atoms with Crippen molar-refractivity contribution in [1.29, 1.82) is 0 Å². The molecule has 0 aliphatic heterocycles. The van der Waals surface area contributed by atoms with Gasteiger partial charge in [0.15, 0.2) is 0 Å². The Morgan fingerprint density at radius 3 is 2.50 bits per heavy atom. The smallest absolute Gasteiger partial charge is 0.147 e. The lowest BCUT2D eigenvalue weighted by Crippen LogP contribution is -2.00. The molecule has 0 fully saturated rings. The van der Waals surface area contributed by atoms with Crippen molar-refractivity contribution in [3.05, 3.63) is 70.3 Å². The maximum absolute atomic E-state index is 14.1. The third kappa shape index (κ3) is 4.01. The standard InChI is InChI=1S/C16H11F3N2OS2/c17-12-4-2-1-3-10(12)7-22-11-5-13(18)16(14(19)6-11)24-21-15-8-23-9-20-15/h1-6,8-9,21H,7H2. The van der Waals surface area contributed by atoms with E-state index in [1.54, 1.807) is 29.1 Å². The number of aromatic nitrogens is 1. The number of nitrogens with one attached hydrogen (secondary N) is 1. The van der Waals surface area contributed by atoms with Crippen molar-refractivity contribution in [2.24, 2.45) is 0 Å². The second-order valence-electron chi connectivity index (χ2n) is 4.67. The van der Waals surface area contributed by atoms with Crippen LogP contribution in [-0.2, 0) is 6.61 Å². The molecule has 1 N–H and O–H groups in total. The molecule has 0 radical (unpaired) electrons. The Kier molecular flexibility index (Phi) is 5.27. The fourth-order valence-electron chi connectivity index (χ4n) is 1.86. The molecule has 1 aromatic heterocycles. The van der Waals surface area contributed by atoms with Gasteiger partial charge in [0.2, 0.25) is 0 Å². The topological polar surface area (TPSA) is 34.1 Å². The third-order valence-electron chi connectivity index (χ3n) is 3.01. The number of anilines is 1. The Morgan fingerprint density at radius 2 is 1.83 bits per heavy atom. The van der Waals surface area contributed by atoms with Crippen LogP contribution in [-0.4, -0.2) is 4.98 Å². The third-order valence-corrected chi connectivity index (χ3v) is 4.51. The van der Waals surface area contributed by atoms with Crippen LogP contribution in [0.2, 0.25) is 0 Å². The van der Waals surface area contributed by atoms with Gasteiger partial charge in [0.1, 0.15) is 40.5 Å². The Bertz CT molecular complexity index is 805. The number of hydrogen-bond donors (Lipinski definition) is 1. The largest absolute Gasteiger partial charge is 0.489 e. The first-order valence-electron chi connectivity index (χ1n) is 6.80. The van der Waals surface area contributed by atoms with E-state index in [2.05, 4.69) is 9.71 Å². The Balaban J connectivity index is 1.68. The minimum Gasteiger partial charge on any atom is -0.489 e. The normalized spacial score (nSPS) is 10.6. The molecule has 3 aromatic rings. The number of hydrogen-bond acceptors (Lipinski definition) is 5. The van der Waals surface area contributed by atoms with E-state index < -0.39 is 17.5 Å². The molecule has 8 heteroatoms. The first-order chi connectivity index (χ1) is 11.6. The van der Waals surface area contributed by atoms with Crippen LogP contribution >= 0.6 is 23.3 Å². The molecule has 1 heterocycles. The van der Waals surface area contributed by atoms with E-state index in [1.807, 2.05) is 0 Å². The molecule has 0 atom stereocenters. The second kappa shape index (κ2) is 7.59. The van der Waals surface area contributed by atoms with E-state index in [4.69, 9.17) is 4.74 Å². The first kappa shape index (κ1) is 16.7. The number of nitrogens with zero attached hydrogens (tertiary/aromatic N) is 1. The zero-order valence-corrected chi connectivity index (χ0v) is 13.8. The number of benzene rings is 2. The zero-order valence-electron chi connectivity index (χ0n) is 12.1. The maximum Gasteiger partial charge on any atom is 0.147 e. The molecule has 3 rings (SSSR count). The van der Waals surface area contributed by atoms with Crippen molar-refractivity contribution < 1.29 is 17.9 Å². The van der Waals surface area contributed by atoms with Gasteiger partial charge in [-0.3, -0.25) is 0 Å². The van der Waals surface area contributed by atoms with Crippen molar-refractivity contribution in [3.63, 3.8) is 0 Å². The van der Waals surface area contributed by atoms with Crippen LogP contribution in [0, 0.1) is 17.5 Å². The maximum atomic E-state index is 14.1. The molecular formula is C16H11F3N2OS2. The van der Waals surface area contributed by atoms with E-state index in [0.717, 1.165) is 24.1 Å². The molecule has 0 unspecified atom stereocenters. The van der Waals surface area contributed by atoms with Crippen LogP contribution < -0.4 is 9.46 Å². The van der Waals surface area contributed by atoms with Crippen molar-refractivity contribution in [3.8, 4) is 5.75 Å². The number of rotatable bonds is 6. The molecular weight excluding hydrogens is 357 g/mol. The van der Waals surface area contributed by atoms with Crippen LogP contribution in [0.4, 0.5) is 19.0 Å². The van der Waals surface area contributed by atoms with E-state index in [9.17, 15) is 13.2 Å². The van der Waals surface area contributed by atoms with Gasteiger partial charge in [0, 0.05) is 23.1 Å². The SMILES string of the molecule is Fc1ccccc1COc1cc(F)c(SNc2cscn2)c(F)c1. The van der Waals surface area contributed by atoms with Gasteiger partial charge in [-0.25, -0.2) is 18.2 Å². The predicted molar refractivity (Wildman–Crippen MR) is 88.7 cm³/mol. The second-order valence-corrected chi connectivity index (χ2v) is 6.21. The summed E-state index contributed by atoms with van der Waals surface area (Å²) in [5.41, 5.74) is 1.91. The summed E-state index contributed by atoms with van der Waals surface area (Å²) in [6.45, 7) is -0.116. The number of thiazole rings is 1. The lowest BCUT2D eigenvalue weighted by atomic mass is 10.2. The predicted octanol–water partition coefficient (Wildman–Crippen LogP) is 5.26. The van der Waals surface area contributed by atoms with Gasteiger partial charge < -0.3 is 9.46 Å². The summed E-state index contributed by atoms with van der Waals surface area (Å²) >= 11 is 2.15. The monoisotopic (exact) mass is 368 g/mol. The highest BCUT2D eigenvalue weighted by Crippen LogP contribution is 2.30. The van der Waals surface area contributed by atoms with E-state index in [1.165, 1.54) is 17.4 Å². The molecule has 0 saturated carbocycles. The molecule has 0 spiro atoms. The van der Waals surface area contributed by atoms with E-state index >= 15 is 0 Å². The van der Waals surface area contributed by atoms with Crippen LogP contribution in [0.1, 0.15) is 5.56 Å². The van der Waals surface area contributed by atoms with Gasteiger partial charge in [-0.05, 0) is 18.0 Å². The minimum absolute atomic E-state index is 0.00809. The molecule has 0 bridgehead atoms. The van der Waals surface area contributed by atoms with E-state index in [-0.39, 0.29) is 17.3 Å². The molecule has 0 aliphatic carbocycles. The quantitative estimate of drug-likeness (QED) is 0.602. The van der Waals surface area contributed by atoms with Gasteiger partial charge in [-0.15, -0.1) is 11.3 Å². The van der Waals surface area contributed by atoms with Gasteiger partial charge in [0.05, 0.1) is 5.51 Å². The van der Waals surface area contributed by atoms with Crippen molar-refractivity contribution >= 4 is 29.1 Å². The summed E-state index contributed by atoms with van der Waals surface area (Å²) in [5, 5.41) is 1.72. The zero-order chi connectivity index (χ0) is 16.9. The molecule has 0 amide bonds. The van der Waals surface area contributed by atoms with Gasteiger partial charge in [0.25, 0.3) is 0 Å². The average molecular weight is 368 g/mol. The van der Waals surface area contributed by atoms with E-state index in [0.29, 0.717) is 11.4 Å². The summed E-state index contributed by atoms with van der Waals surface area (Å²) in [4.78, 5) is 3.77. The van der Waals surface area contributed by atoms with Crippen LogP contribution in [0.15, 0.2) is 52.2 Å². The average Bonchev–Trinajstić information content (AvgIpc) is 3.07. The highest BCUT2D eigenvalue weighted by Gasteiger charge is 2.14. The Morgan fingerprint density at radius 1 is 1.08 bits per heavy atom. The minimum atomic E-state index is -0.772. The first-order valence-corrected chi connectivity index (χ1v) is 8.55.